The molecule has 0 aromatic carbocycles. The highest BCUT2D eigenvalue weighted by Gasteiger charge is 2.31. The number of hydrogen-bond donors (Lipinski definition) is 8. The van der Waals surface area contributed by atoms with Crippen LogP contribution in [0.3, 0.4) is 0 Å². The molecular weight excluding hydrogens is 470 g/mol. The van der Waals surface area contributed by atoms with E-state index in [-0.39, 0.29) is 25.2 Å². The zero-order valence-corrected chi connectivity index (χ0v) is 21.5. The summed E-state index contributed by atoms with van der Waals surface area (Å²) in [6.45, 7) is 4.35. The monoisotopic (exact) mass is 515 g/mol. The second kappa shape index (κ2) is 18.5. The van der Waals surface area contributed by atoms with E-state index in [1.165, 1.54) is 0 Å². The van der Waals surface area contributed by atoms with Crippen molar-refractivity contribution in [3.63, 3.8) is 0 Å². The Labute approximate surface area is 212 Å². The lowest BCUT2D eigenvalue weighted by atomic mass is 9.98. The van der Waals surface area contributed by atoms with Crippen LogP contribution >= 0.6 is 0 Å². The van der Waals surface area contributed by atoms with E-state index in [4.69, 9.17) is 22.9 Å². The molecule has 13 heteroatoms. The SMILES string of the molecule is CCC(C)C(NC(=O)C(CCCCN)NC(=O)C(CCC(N)=O)NC(=O)C(N)CCCCN)C(=O)O. The van der Waals surface area contributed by atoms with Crippen molar-refractivity contribution in [1.82, 2.24) is 16.0 Å². The molecular formula is C23H45N7O6. The first kappa shape index (κ1) is 33.2. The van der Waals surface area contributed by atoms with Crippen LogP contribution in [0.4, 0.5) is 0 Å². The van der Waals surface area contributed by atoms with Gasteiger partial charge in [-0.05, 0) is 57.5 Å². The van der Waals surface area contributed by atoms with Gasteiger partial charge in [-0.15, -0.1) is 0 Å². The largest absolute Gasteiger partial charge is 0.480 e. The Morgan fingerprint density at radius 2 is 1.28 bits per heavy atom. The summed E-state index contributed by atoms with van der Waals surface area (Å²) in [6.07, 6.45) is 3.24. The Morgan fingerprint density at radius 3 is 1.78 bits per heavy atom. The van der Waals surface area contributed by atoms with Gasteiger partial charge in [0.2, 0.25) is 23.6 Å². The number of rotatable bonds is 20. The molecule has 0 saturated heterocycles. The second-order valence-electron chi connectivity index (χ2n) is 9.01. The van der Waals surface area contributed by atoms with Gasteiger partial charge in [0.15, 0.2) is 0 Å². The fourth-order valence-electron chi connectivity index (χ4n) is 3.44. The van der Waals surface area contributed by atoms with Crippen LogP contribution in [-0.2, 0) is 24.0 Å². The van der Waals surface area contributed by atoms with Crippen LogP contribution in [0.1, 0.15) is 71.6 Å². The van der Waals surface area contributed by atoms with E-state index in [1.807, 2.05) is 0 Å². The quantitative estimate of drug-likeness (QED) is 0.0870. The first-order valence-corrected chi connectivity index (χ1v) is 12.6. The maximum atomic E-state index is 13.1. The number of nitrogens with two attached hydrogens (primary N) is 4. The Hall–Kier alpha value is -2.77. The summed E-state index contributed by atoms with van der Waals surface area (Å²) < 4.78 is 0. The molecule has 0 radical (unpaired) electrons. The molecule has 12 N–H and O–H groups in total. The molecule has 0 rings (SSSR count). The number of nitrogens with one attached hydrogen (secondary N) is 3. The summed E-state index contributed by atoms with van der Waals surface area (Å²) in [5, 5.41) is 17.1. The van der Waals surface area contributed by atoms with E-state index < -0.39 is 53.8 Å². The van der Waals surface area contributed by atoms with Crippen LogP contribution < -0.4 is 38.9 Å². The maximum Gasteiger partial charge on any atom is 0.326 e. The normalized spacial score (nSPS) is 15.1. The topological polar surface area (TPSA) is 246 Å². The Balaban J connectivity index is 5.56. The number of amides is 4. The first-order chi connectivity index (χ1) is 17.0. The number of aliphatic carboxylic acids is 1. The lowest BCUT2D eigenvalue weighted by Gasteiger charge is -2.26. The van der Waals surface area contributed by atoms with Gasteiger partial charge in [0.25, 0.3) is 0 Å². The number of carbonyl (C=O) groups excluding carboxylic acids is 4. The van der Waals surface area contributed by atoms with Crippen molar-refractivity contribution in [2.45, 2.75) is 95.8 Å². The minimum Gasteiger partial charge on any atom is -0.480 e. The molecule has 0 bridgehead atoms. The van der Waals surface area contributed by atoms with E-state index in [0.717, 1.165) is 0 Å². The third-order valence-corrected chi connectivity index (χ3v) is 5.98. The molecule has 5 unspecified atom stereocenters. The van der Waals surface area contributed by atoms with E-state index in [1.54, 1.807) is 13.8 Å². The highest BCUT2D eigenvalue weighted by Crippen LogP contribution is 2.10. The molecule has 0 aromatic heterocycles. The van der Waals surface area contributed by atoms with Crippen molar-refractivity contribution in [2.75, 3.05) is 13.1 Å². The lowest BCUT2D eigenvalue weighted by Crippen LogP contribution is -2.57. The van der Waals surface area contributed by atoms with Crippen LogP contribution in [-0.4, -0.2) is 72.0 Å². The molecule has 36 heavy (non-hydrogen) atoms. The fraction of sp³-hybridized carbons (Fsp3) is 0.783. The summed E-state index contributed by atoms with van der Waals surface area (Å²) in [5.41, 5.74) is 22.1. The molecule has 208 valence electrons. The van der Waals surface area contributed by atoms with Crippen molar-refractivity contribution >= 4 is 29.6 Å². The summed E-state index contributed by atoms with van der Waals surface area (Å²) in [7, 11) is 0. The van der Waals surface area contributed by atoms with E-state index in [2.05, 4.69) is 16.0 Å². The Kier molecular flexibility index (Phi) is 17.1. The van der Waals surface area contributed by atoms with Crippen molar-refractivity contribution in [2.24, 2.45) is 28.9 Å². The van der Waals surface area contributed by atoms with Gasteiger partial charge in [0.1, 0.15) is 18.1 Å². The molecule has 0 spiro atoms. The molecule has 0 aliphatic heterocycles. The van der Waals surface area contributed by atoms with Gasteiger partial charge in [-0.3, -0.25) is 19.2 Å². The Bertz CT molecular complexity index is 721. The molecule has 0 fully saturated rings. The Morgan fingerprint density at radius 1 is 0.778 bits per heavy atom. The van der Waals surface area contributed by atoms with Gasteiger partial charge in [-0.1, -0.05) is 26.7 Å². The van der Waals surface area contributed by atoms with Crippen LogP contribution in [0.5, 0.6) is 0 Å². The van der Waals surface area contributed by atoms with E-state index in [9.17, 15) is 29.1 Å². The number of carboxylic acids is 1. The first-order valence-electron chi connectivity index (χ1n) is 12.6. The summed E-state index contributed by atoms with van der Waals surface area (Å²) in [6, 6.07) is -4.24. The van der Waals surface area contributed by atoms with Gasteiger partial charge in [-0.2, -0.15) is 0 Å². The van der Waals surface area contributed by atoms with Crippen molar-refractivity contribution in [1.29, 1.82) is 0 Å². The van der Waals surface area contributed by atoms with Gasteiger partial charge >= 0.3 is 5.97 Å². The predicted molar refractivity (Wildman–Crippen MR) is 135 cm³/mol. The number of carbonyl (C=O) groups is 5. The zero-order chi connectivity index (χ0) is 27.7. The molecule has 0 saturated carbocycles. The summed E-state index contributed by atoms with van der Waals surface area (Å²) in [5.74, 6) is -4.13. The minimum atomic E-state index is -1.18. The number of carboxylic acid groups (broad SMARTS) is 1. The number of hydrogen-bond acceptors (Lipinski definition) is 8. The lowest BCUT2D eigenvalue weighted by molar-refractivity contribution is -0.144. The smallest absolute Gasteiger partial charge is 0.326 e. The molecule has 0 aliphatic carbocycles. The minimum absolute atomic E-state index is 0.0931. The van der Waals surface area contributed by atoms with Crippen LogP contribution in [0, 0.1) is 5.92 Å². The number of unbranched alkanes of at least 4 members (excludes halogenated alkanes) is 2. The highest BCUT2D eigenvalue weighted by atomic mass is 16.4. The average Bonchev–Trinajstić information content (AvgIpc) is 2.83. The van der Waals surface area contributed by atoms with Crippen molar-refractivity contribution in [3.8, 4) is 0 Å². The van der Waals surface area contributed by atoms with Crippen LogP contribution in [0.25, 0.3) is 0 Å². The molecule has 5 atom stereocenters. The zero-order valence-electron chi connectivity index (χ0n) is 21.5. The average molecular weight is 516 g/mol. The molecule has 4 amide bonds. The van der Waals surface area contributed by atoms with Gasteiger partial charge in [-0.25, -0.2) is 4.79 Å². The van der Waals surface area contributed by atoms with Gasteiger partial charge < -0.3 is 44.0 Å². The second-order valence-corrected chi connectivity index (χ2v) is 9.01. The molecule has 0 aliphatic rings. The van der Waals surface area contributed by atoms with Crippen molar-refractivity contribution in [3.05, 3.63) is 0 Å². The van der Waals surface area contributed by atoms with E-state index >= 15 is 0 Å². The highest BCUT2D eigenvalue weighted by molar-refractivity contribution is 5.94. The summed E-state index contributed by atoms with van der Waals surface area (Å²) >= 11 is 0. The summed E-state index contributed by atoms with van der Waals surface area (Å²) in [4.78, 5) is 61.5. The third-order valence-electron chi connectivity index (χ3n) is 5.98. The van der Waals surface area contributed by atoms with Crippen molar-refractivity contribution < 1.29 is 29.1 Å². The van der Waals surface area contributed by atoms with Gasteiger partial charge in [0.05, 0.1) is 6.04 Å². The molecule has 0 aromatic rings. The standard InChI is InChI=1S/C23H45N7O6/c1-3-14(2)19(23(35)36)30-22(34)16(9-5-7-13-25)29-21(33)17(10-11-18(27)31)28-20(32)15(26)8-4-6-12-24/h14-17,19H,3-13,24-26H2,1-2H3,(H2,27,31)(H,28,32)(H,29,33)(H,30,34)(H,35,36). The molecule has 13 nitrogen and oxygen atoms in total. The van der Waals surface area contributed by atoms with Crippen LogP contribution in [0.2, 0.25) is 0 Å². The fourth-order valence-corrected chi connectivity index (χ4v) is 3.44. The van der Waals surface area contributed by atoms with E-state index in [0.29, 0.717) is 51.6 Å². The maximum absolute atomic E-state index is 13.1. The third kappa shape index (κ3) is 13.4. The van der Waals surface area contributed by atoms with Gasteiger partial charge in [0, 0.05) is 6.42 Å². The van der Waals surface area contributed by atoms with Crippen LogP contribution in [0.15, 0.2) is 0 Å². The number of primary amides is 1. The predicted octanol–water partition coefficient (Wildman–Crippen LogP) is -1.58. The molecule has 0 heterocycles.